The molecule has 0 saturated carbocycles. The van der Waals surface area contributed by atoms with Gasteiger partial charge in [-0.25, -0.2) is 18.4 Å². The minimum Gasteiger partial charge on any atom is -0.306 e. The van der Waals surface area contributed by atoms with Crippen LogP contribution in [0, 0.1) is 6.92 Å². The predicted octanol–water partition coefficient (Wildman–Crippen LogP) is 1.78. The van der Waals surface area contributed by atoms with Gasteiger partial charge < -0.3 is 5.32 Å². The molecule has 19 heavy (non-hydrogen) atoms. The van der Waals surface area contributed by atoms with Crippen LogP contribution in [0.5, 0.6) is 0 Å². The van der Waals surface area contributed by atoms with Crippen molar-refractivity contribution in [3.8, 4) is 0 Å². The van der Waals surface area contributed by atoms with Gasteiger partial charge >= 0.3 is 0 Å². The number of sulfone groups is 1. The zero-order chi connectivity index (χ0) is 14.8. The maximum absolute atomic E-state index is 11.6. The van der Waals surface area contributed by atoms with Crippen LogP contribution in [0.25, 0.3) is 0 Å². The van der Waals surface area contributed by atoms with E-state index in [2.05, 4.69) is 36.1 Å². The van der Waals surface area contributed by atoms with Crippen LogP contribution in [0.3, 0.4) is 0 Å². The third-order valence-corrected chi connectivity index (χ3v) is 4.23. The number of hydrogen-bond donors (Lipinski definition) is 1. The maximum Gasteiger partial charge on any atom is 0.157 e. The normalized spacial score (nSPS) is 14.4. The largest absolute Gasteiger partial charge is 0.306 e. The fourth-order valence-corrected chi connectivity index (χ4v) is 1.97. The summed E-state index contributed by atoms with van der Waals surface area (Å²) in [6, 6.07) is 1.87. The first-order valence-corrected chi connectivity index (χ1v) is 8.23. The zero-order valence-corrected chi connectivity index (χ0v) is 13.3. The third kappa shape index (κ3) is 5.24. The van der Waals surface area contributed by atoms with Crippen LogP contribution in [0.4, 0.5) is 0 Å². The fraction of sp³-hybridized carbons (Fsp3) is 0.692. The summed E-state index contributed by atoms with van der Waals surface area (Å²) in [7, 11) is -3.18. The Balaban J connectivity index is 3.01. The summed E-state index contributed by atoms with van der Waals surface area (Å²) in [6.07, 6.45) is 1.20. The molecule has 1 atom stereocenters. The molecule has 1 N–H and O–H groups in total. The van der Waals surface area contributed by atoms with Crippen molar-refractivity contribution < 1.29 is 8.42 Å². The van der Waals surface area contributed by atoms with Gasteiger partial charge in [-0.15, -0.1) is 0 Å². The molecule has 0 aliphatic carbocycles. The Morgan fingerprint density at radius 2 is 1.89 bits per heavy atom. The Hall–Kier alpha value is -1.01. The molecule has 0 amide bonds. The molecule has 0 aliphatic heterocycles. The molecule has 6 heteroatoms. The Bertz CT molecular complexity index is 547. The van der Waals surface area contributed by atoms with Crippen LogP contribution in [0.15, 0.2) is 6.07 Å². The van der Waals surface area contributed by atoms with Gasteiger partial charge in [0.2, 0.25) is 0 Å². The number of rotatable bonds is 4. The summed E-state index contributed by atoms with van der Waals surface area (Å²) in [4.78, 5) is 8.58. The molecule has 5 nitrogen and oxygen atoms in total. The Morgan fingerprint density at radius 1 is 1.32 bits per heavy atom. The number of aromatic nitrogens is 2. The highest BCUT2D eigenvalue weighted by atomic mass is 32.2. The molecule has 1 aromatic rings. The summed E-state index contributed by atoms with van der Waals surface area (Å²) >= 11 is 0. The molecule has 0 bridgehead atoms. The molecule has 1 heterocycles. The van der Waals surface area contributed by atoms with Gasteiger partial charge in [-0.2, -0.15) is 0 Å². The van der Waals surface area contributed by atoms with Crippen LogP contribution in [-0.4, -0.2) is 30.2 Å². The molecule has 0 spiro atoms. The second kappa shape index (κ2) is 5.54. The van der Waals surface area contributed by atoms with Gasteiger partial charge in [0, 0.05) is 24.0 Å². The van der Waals surface area contributed by atoms with E-state index in [0.29, 0.717) is 12.4 Å². The summed E-state index contributed by atoms with van der Waals surface area (Å²) in [5, 5.41) is 2.65. The van der Waals surface area contributed by atoms with Gasteiger partial charge in [-0.3, -0.25) is 0 Å². The molecular weight excluding hydrogens is 262 g/mol. The number of nitrogens with zero attached hydrogens (tertiary/aromatic N) is 2. The van der Waals surface area contributed by atoms with Crippen LogP contribution >= 0.6 is 0 Å². The maximum atomic E-state index is 11.6. The van der Waals surface area contributed by atoms with Crippen molar-refractivity contribution in [2.75, 3.05) is 6.26 Å². The van der Waals surface area contributed by atoms with Crippen LogP contribution in [-0.2, 0) is 16.4 Å². The number of aryl methyl sites for hydroxylation is 1. The zero-order valence-electron chi connectivity index (χ0n) is 12.5. The van der Waals surface area contributed by atoms with Crippen molar-refractivity contribution in [3.63, 3.8) is 0 Å². The highest BCUT2D eigenvalue weighted by molar-refractivity contribution is 7.90. The van der Waals surface area contributed by atoms with Gasteiger partial charge in [0.1, 0.15) is 11.1 Å². The molecule has 1 unspecified atom stereocenters. The minimum absolute atomic E-state index is 0.0124. The Labute approximate surface area is 115 Å². The van der Waals surface area contributed by atoms with Crippen molar-refractivity contribution in [1.82, 2.24) is 15.3 Å². The first-order valence-electron chi connectivity index (χ1n) is 6.27. The van der Waals surface area contributed by atoms with E-state index < -0.39 is 15.1 Å². The first kappa shape index (κ1) is 16.0. The minimum atomic E-state index is -3.18. The number of nitrogens with one attached hydrogen (secondary N) is 1. The second-order valence-electron chi connectivity index (χ2n) is 5.93. The van der Waals surface area contributed by atoms with Crippen LogP contribution < -0.4 is 5.32 Å². The fourth-order valence-electron chi connectivity index (χ4n) is 1.48. The topological polar surface area (TPSA) is 72.0 Å². The average molecular weight is 285 g/mol. The predicted molar refractivity (Wildman–Crippen MR) is 76.6 cm³/mol. The Kier molecular flexibility index (Phi) is 4.68. The van der Waals surface area contributed by atoms with E-state index in [-0.39, 0.29) is 5.54 Å². The molecule has 0 radical (unpaired) electrons. The lowest BCUT2D eigenvalue weighted by atomic mass is 10.1. The highest BCUT2D eigenvalue weighted by Crippen LogP contribution is 2.18. The summed E-state index contributed by atoms with van der Waals surface area (Å²) in [5.41, 5.74) is 1.58. The van der Waals surface area contributed by atoms with Gasteiger partial charge in [0.05, 0.1) is 5.69 Å². The van der Waals surface area contributed by atoms with Crippen molar-refractivity contribution in [3.05, 3.63) is 23.3 Å². The van der Waals surface area contributed by atoms with Crippen LogP contribution in [0.2, 0.25) is 0 Å². The van der Waals surface area contributed by atoms with E-state index in [1.807, 2.05) is 13.0 Å². The Morgan fingerprint density at radius 3 is 2.37 bits per heavy atom. The van der Waals surface area contributed by atoms with E-state index in [1.54, 1.807) is 6.92 Å². The third-order valence-electron chi connectivity index (χ3n) is 2.73. The van der Waals surface area contributed by atoms with Crippen LogP contribution in [0.1, 0.15) is 50.2 Å². The summed E-state index contributed by atoms with van der Waals surface area (Å²) < 4.78 is 23.2. The molecule has 1 aromatic heterocycles. The molecule has 0 saturated heterocycles. The van der Waals surface area contributed by atoms with Crippen molar-refractivity contribution in [1.29, 1.82) is 0 Å². The van der Waals surface area contributed by atoms with Gasteiger partial charge in [-0.1, -0.05) is 0 Å². The molecule has 0 aliphatic rings. The average Bonchev–Trinajstić information content (AvgIpc) is 2.22. The lowest BCUT2D eigenvalue weighted by molar-refractivity contribution is 0.420. The lowest BCUT2D eigenvalue weighted by Gasteiger charge is -2.20. The van der Waals surface area contributed by atoms with Gasteiger partial charge in [-0.05, 0) is 40.7 Å². The molecule has 1 rings (SSSR count). The monoisotopic (exact) mass is 285 g/mol. The molecule has 0 fully saturated rings. The standard InChI is InChI=1S/C13H23N3O2S/c1-9-7-11(8-14-13(3,4)5)16-12(15-9)10(2)19(6,17)18/h7,10,14H,8H2,1-6H3. The van der Waals surface area contributed by atoms with Crippen molar-refractivity contribution >= 4 is 9.84 Å². The smallest absolute Gasteiger partial charge is 0.157 e. The van der Waals surface area contributed by atoms with E-state index in [9.17, 15) is 8.42 Å². The first-order chi connectivity index (χ1) is 8.49. The molecule has 108 valence electrons. The molecular formula is C13H23N3O2S. The quantitative estimate of drug-likeness (QED) is 0.913. The van der Waals surface area contributed by atoms with Gasteiger partial charge in [0.25, 0.3) is 0 Å². The van der Waals surface area contributed by atoms with E-state index >= 15 is 0 Å². The van der Waals surface area contributed by atoms with Crippen molar-refractivity contribution in [2.24, 2.45) is 0 Å². The van der Waals surface area contributed by atoms with Crippen molar-refractivity contribution in [2.45, 2.75) is 52.0 Å². The highest BCUT2D eigenvalue weighted by Gasteiger charge is 2.21. The summed E-state index contributed by atoms with van der Waals surface area (Å²) in [6.45, 7) is 10.3. The number of hydrogen-bond acceptors (Lipinski definition) is 5. The van der Waals surface area contributed by atoms with E-state index in [1.165, 1.54) is 6.26 Å². The van der Waals surface area contributed by atoms with Gasteiger partial charge in [0.15, 0.2) is 9.84 Å². The SMILES string of the molecule is Cc1cc(CNC(C)(C)C)nc(C(C)S(C)(=O)=O)n1. The molecule has 0 aromatic carbocycles. The lowest BCUT2D eigenvalue weighted by Crippen LogP contribution is -2.35. The van der Waals surface area contributed by atoms with E-state index in [0.717, 1.165) is 11.4 Å². The summed E-state index contributed by atoms with van der Waals surface area (Å²) in [5.74, 6) is 0.369. The second-order valence-corrected chi connectivity index (χ2v) is 8.30. The van der Waals surface area contributed by atoms with E-state index in [4.69, 9.17) is 0 Å².